The Balaban J connectivity index is 0.0000106. The molecule has 0 amide bonds. The second-order valence-electron chi connectivity index (χ2n) is 20.9. The minimum atomic E-state index is -3.80. The van der Waals surface area contributed by atoms with Gasteiger partial charge in [0, 0.05) is 148 Å². The molecule has 1 radical (unpaired) electrons. The second-order valence-corrected chi connectivity index (χ2v) is 28.5. The molecule has 81 heavy (non-hydrogen) atoms. The van der Waals surface area contributed by atoms with Crippen LogP contribution >= 0.6 is 21.9 Å². The Labute approximate surface area is 521 Å². The summed E-state index contributed by atoms with van der Waals surface area (Å²) in [5, 5.41) is 0. The van der Waals surface area contributed by atoms with Crippen molar-refractivity contribution in [1.82, 2.24) is 29.7 Å². The van der Waals surface area contributed by atoms with Gasteiger partial charge in [-0.05, 0) is 165 Å². The molecule has 1 fully saturated rings. The predicted octanol–water partition coefficient (Wildman–Crippen LogP) is 9.49. The molecule has 0 bridgehead atoms. The second kappa shape index (κ2) is 30.2. The van der Waals surface area contributed by atoms with Gasteiger partial charge in [0.1, 0.15) is 28.1 Å². The van der Waals surface area contributed by atoms with Crippen molar-refractivity contribution in [3.05, 3.63) is 166 Å². The van der Waals surface area contributed by atoms with Crippen molar-refractivity contribution in [1.29, 1.82) is 0 Å². The smallest absolute Gasteiger partial charge is 0.247 e. The Kier molecular flexibility index (Phi) is 24.4. The van der Waals surface area contributed by atoms with Crippen LogP contribution in [-0.2, 0) is 33.3 Å². The van der Waals surface area contributed by atoms with E-state index in [1.165, 1.54) is 0 Å². The number of hydrogen-bond donors (Lipinski definition) is 2. The Morgan fingerprint density at radius 2 is 0.802 bits per heavy atom. The number of ether oxygens (including phenoxy) is 3. The van der Waals surface area contributed by atoms with Crippen LogP contribution in [0.15, 0.2) is 109 Å². The monoisotopic (exact) mass is 1290 g/mol. The molecule has 4 heterocycles. The molecule has 18 heteroatoms. The van der Waals surface area contributed by atoms with Crippen LogP contribution in [0.25, 0.3) is 0 Å². The minimum absolute atomic E-state index is 0. The van der Waals surface area contributed by atoms with Gasteiger partial charge in [0.15, 0.2) is 0 Å². The summed E-state index contributed by atoms with van der Waals surface area (Å²) in [6.07, 6.45) is 0.144. The van der Waals surface area contributed by atoms with Crippen molar-refractivity contribution < 1.29 is 87.1 Å². The fraction of sp³-hybridized carbons (Fsp3) is 0.365. The molecule has 14 nitrogen and oxygen atoms in total. The van der Waals surface area contributed by atoms with E-state index in [4.69, 9.17) is 29.2 Å². The number of nitrogens with zero attached hydrogens (tertiary/aromatic N) is 6. The van der Waals surface area contributed by atoms with Gasteiger partial charge in [0.05, 0.1) is 46.4 Å². The summed E-state index contributed by atoms with van der Waals surface area (Å²) in [4.78, 5) is 43.7. The van der Waals surface area contributed by atoms with Crippen molar-refractivity contribution in [2.24, 2.45) is 0 Å². The van der Waals surface area contributed by atoms with Crippen LogP contribution in [0.2, 0.25) is 0 Å². The average molecular weight is 1290 g/mol. The third kappa shape index (κ3) is 20.5. The van der Waals surface area contributed by atoms with E-state index in [2.05, 4.69) is 56.9 Å². The first-order valence-electron chi connectivity index (χ1n) is 27.1. The zero-order valence-electron chi connectivity index (χ0n) is 47.9. The third-order valence-electron chi connectivity index (χ3n) is 12.8. The molecule has 2 N–H and O–H groups in total. The molecular formula is C63H74EuN6O8P3-. The van der Waals surface area contributed by atoms with Gasteiger partial charge in [-0.15, -0.1) is 0 Å². The van der Waals surface area contributed by atoms with E-state index in [0.717, 1.165) is 33.9 Å². The molecule has 3 aromatic carbocycles. The van der Waals surface area contributed by atoms with Crippen molar-refractivity contribution in [2.75, 3.05) is 58.3 Å². The van der Waals surface area contributed by atoms with E-state index in [0.29, 0.717) is 98.1 Å². The topological polar surface area (TPSA) is 168 Å². The molecule has 427 valence electrons. The number of benzene rings is 3. The number of rotatable bonds is 17. The van der Waals surface area contributed by atoms with Gasteiger partial charge in [0.2, 0.25) is 14.7 Å². The molecule has 3 aromatic heterocycles. The Morgan fingerprint density at radius 1 is 0.481 bits per heavy atom. The van der Waals surface area contributed by atoms with Gasteiger partial charge in [-0.3, -0.25) is 30.5 Å². The zero-order chi connectivity index (χ0) is 57.6. The summed E-state index contributed by atoms with van der Waals surface area (Å²) in [5.74, 6) is 21.5. The van der Waals surface area contributed by atoms with E-state index in [1.807, 2.05) is 139 Å². The van der Waals surface area contributed by atoms with E-state index in [1.54, 1.807) is 32.6 Å². The quantitative estimate of drug-likeness (QED) is 0.0503. The molecule has 3 unspecified atom stereocenters. The standard InChI is InChI=1S/C63H74N6O8P3.Eu/c1-11-79(71,72)61-41-52(15-13-49-18-27-58(28-19-49)75-46(3)4)39-56(64-61)44-68-35-33-67(43-55-26-25-54(63(66-55)78(9,10)70)24-17-51-22-31-60(32-23-51)77-48(7)8)34-36-69(38-37-68)45-57-40-53(42-62(65-57)80(73,74)12-2)16-14-50-20-29-59(30-21-50)76-47(5)6;/h18-23,25-32,39-42,46-48H,9,11-12,33-38,43-45H2,1-8,10H3,(H,71,72)(H,73,74);/q-1;. The molecule has 6 aromatic rings. The van der Waals surface area contributed by atoms with Crippen LogP contribution in [0.1, 0.15) is 106 Å². The van der Waals surface area contributed by atoms with E-state index in [9.17, 15) is 23.5 Å². The van der Waals surface area contributed by atoms with Crippen LogP contribution in [0.5, 0.6) is 17.2 Å². The molecule has 1 aliphatic rings. The molecule has 7 rings (SSSR count). The maximum atomic E-state index is 13.8. The van der Waals surface area contributed by atoms with Crippen LogP contribution in [-0.4, -0.2) is 116 Å². The van der Waals surface area contributed by atoms with E-state index in [-0.39, 0.29) is 90.9 Å². The SMILES string of the molecule is [CH2-]P(C)(=O)c1nc(CN2CCN(Cc3cc(C#Cc4ccc(OC(C)C)cc4)cc(P(=O)(O)CC)n3)CCN(Cc3cc(C#Cc4ccc(OC(C)C)cc4)cc(P(=O)(O)CC)n3)CC2)ccc1C#Cc1ccc(OC(C)C)cc1.[Eu]. The molecular weight excluding hydrogens is 1210 g/mol. The maximum Gasteiger partial charge on any atom is 0.247 e. The molecule has 0 spiro atoms. The van der Waals surface area contributed by atoms with Gasteiger partial charge in [-0.25, -0.2) is 15.0 Å². The fourth-order valence-corrected chi connectivity index (χ4v) is 11.5. The van der Waals surface area contributed by atoms with Crippen molar-refractivity contribution in [3.8, 4) is 52.8 Å². The van der Waals surface area contributed by atoms with Crippen LogP contribution in [0.4, 0.5) is 0 Å². The summed E-state index contributed by atoms with van der Waals surface area (Å²) < 4.78 is 58.4. The van der Waals surface area contributed by atoms with Gasteiger partial charge < -0.3 is 28.6 Å². The van der Waals surface area contributed by atoms with Gasteiger partial charge in [-0.2, -0.15) is 0 Å². The third-order valence-corrected chi connectivity index (χ3v) is 17.6. The van der Waals surface area contributed by atoms with Gasteiger partial charge >= 0.3 is 0 Å². The van der Waals surface area contributed by atoms with E-state index >= 15 is 0 Å². The Morgan fingerprint density at radius 3 is 1.12 bits per heavy atom. The van der Waals surface area contributed by atoms with E-state index < -0.39 is 21.9 Å². The summed E-state index contributed by atoms with van der Waals surface area (Å²) in [6, 6.07) is 33.4. The summed E-state index contributed by atoms with van der Waals surface area (Å²) in [6.45, 7) is 25.5. The Bertz CT molecular complexity index is 3290. The van der Waals surface area contributed by atoms with Gasteiger partial charge in [-0.1, -0.05) is 49.4 Å². The minimum Gasteiger partial charge on any atom is -0.491 e. The van der Waals surface area contributed by atoms with Crippen molar-refractivity contribution >= 4 is 38.2 Å². The van der Waals surface area contributed by atoms with Crippen molar-refractivity contribution in [3.63, 3.8) is 0 Å². The summed E-state index contributed by atoms with van der Waals surface area (Å²) in [5.41, 5.74) is 6.47. The first kappa shape index (κ1) is 65.4. The van der Waals surface area contributed by atoms with Crippen LogP contribution in [0.3, 0.4) is 0 Å². The molecule has 1 aliphatic heterocycles. The fourth-order valence-electron chi connectivity index (χ4n) is 8.61. The molecule has 0 saturated carbocycles. The first-order valence-corrected chi connectivity index (χ1v) is 33.2. The van der Waals surface area contributed by atoms with Gasteiger partial charge in [0.25, 0.3) is 0 Å². The first-order chi connectivity index (χ1) is 38.0. The normalized spacial score (nSPS) is 15.6. The number of pyridine rings is 3. The zero-order valence-corrected chi connectivity index (χ0v) is 53.0. The number of hydrogen-bond acceptors (Lipinski definition) is 12. The largest absolute Gasteiger partial charge is 0.491 e. The summed E-state index contributed by atoms with van der Waals surface area (Å²) >= 11 is 0. The van der Waals surface area contributed by atoms with Crippen molar-refractivity contribution in [2.45, 2.75) is 93.3 Å². The predicted molar refractivity (Wildman–Crippen MR) is 322 cm³/mol. The summed E-state index contributed by atoms with van der Waals surface area (Å²) in [7, 11) is -10.7. The van der Waals surface area contributed by atoms with Crippen LogP contribution in [0, 0.1) is 91.6 Å². The average Bonchev–Trinajstić information content (AvgIpc) is 3.50. The Hall–Kier alpha value is -4.74. The maximum absolute atomic E-state index is 13.8. The number of aromatic nitrogens is 3. The molecule has 1 saturated heterocycles. The molecule has 0 aliphatic carbocycles. The van der Waals surface area contributed by atoms with Crippen LogP contribution < -0.4 is 30.5 Å². The molecule has 3 atom stereocenters.